The molecule has 0 atom stereocenters. The Morgan fingerprint density at radius 1 is 1.29 bits per heavy atom. The third-order valence-corrected chi connectivity index (χ3v) is 2.89. The van der Waals surface area contributed by atoms with Gasteiger partial charge in [0.25, 0.3) is 0 Å². The Balaban J connectivity index is 1.87. The maximum atomic E-state index is 5.74. The number of aromatic nitrogens is 2. The third kappa shape index (κ3) is 3.98. The molecule has 3 nitrogen and oxygen atoms in total. The quantitative estimate of drug-likeness (QED) is 0.938. The summed E-state index contributed by atoms with van der Waals surface area (Å²) < 4.78 is 1.09. The molecule has 1 heterocycles. The molecule has 17 heavy (non-hydrogen) atoms. The number of halogens is 2. The SMILES string of the molecule is Clc1cncc(NCCc2cccc(Br)c2)n1. The predicted octanol–water partition coefficient (Wildman–Crippen LogP) is 3.55. The van der Waals surface area contributed by atoms with E-state index in [1.54, 1.807) is 6.20 Å². The second-order valence-electron chi connectivity index (χ2n) is 3.53. The molecule has 0 fully saturated rings. The Morgan fingerprint density at radius 2 is 2.18 bits per heavy atom. The van der Waals surface area contributed by atoms with Gasteiger partial charge in [0.15, 0.2) is 0 Å². The van der Waals surface area contributed by atoms with Gasteiger partial charge in [-0.2, -0.15) is 0 Å². The average Bonchev–Trinajstić information content (AvgIpc) is 2.29. The summed E-state index contributed by atoms with van der Waals surface area (Å²) >= 11 is 9.19. The maximum absolute atomic E-state index is 5.74. The molecule has 1 aromatic heterocycles. The molecule has 0 radical (unpaired) electrons. The first-order chi connectivity index (χ1) is 8.24. The van der Waals surface area contributed by atoms with Crippen molar-refractivity contribution in [2.24, 2.45) is 0 Å². The Bertz CT molecular complexity index is 459. The fourth-order valence-corrected chi connectivity index (χ4v) is 2.05. The van der Waals surface area contributed by atoms with Crippen molar-refractivity contribution in [1.29, 1.82) is 0 Å². The van der Waals surface area contributed by atoms with Crippen LogP contribution in [-0.4, -0.2) is 16.5 Å². The lowest BCUT2D eigenvalue weighted by Crippen LogP contribution is -2.06. The van der Waals surface area contributed by atoms with E-state index < -0.39 is 0 Å². The van der Waals surface area contributed by atoms with Gasteiger partial charge in [-0.1, -0.05) is 39.7 Å². The molecule has 1 aromatic carbocycles. The van der Waals surface area contributed by atoms with Crippen LogP contribution in [0.25, 0.3) is 0 Å². The molecule has 0 saturated carbocycles. The van der Waals surface area contributed by atoms with Crippen LogP contribution in [0.4, 0.5) is 5.82 Å². The highest BCUT2D eigenvalue weighted by molar-refractivity contribution is 9.10. The molecule has 1 N–H and O–H groups in total. The molecule has 0 aliphatic rings. The topological polar surface area (TPSA) is 37.8 Å². The van der Waals surface area contributed by atoms with Gasteiger partial charge >= 0.3 is 0 Å². The summed E-state index contributed by atoms with van der Waals surface area (Å²) in [5.41, 5.74) is 1.27. The van der Waals surface area contributed by atoms with Gasteiger partial charge in [0, 0.05) is 11.0 Å². The summed E-state index contributed by atoms with van der Waals surface area (Å²) in [6, 6.07) is 8.24. The third-order valence-electron chi connectivity index (χ3n) is 2.21. The van der Waals surface area contributed by atoms with Gasteiger partial charge in [0.05, 0.1) is 12.4 Å². The lowest BCUT2D eigenvalue weighted by atomic mass is 10.1. The Labute approximate surface area is 113 Å². The number of nitrogens with zero attached hydrogens (tertiary/aromatic N) is 2. The first kappa shape index (κ1) is 12.3. The van der Waals surface area contributed by atoms with Gasteiger partial charge in [-0.25, -0.2) is 4.98 Å². The minimum absolute atomic E-state index is 0.400. The summed E-state index contributed by atoms with van der Waals surface area (Å²) in [6.07, 6.45) is 4.10. The molecular formula is C12H11BrClN3. The van der Waals surface area contributed by atoms with E-state index in [9.17, 15) is 0 Å². The van der Waals surface area contributed by atoms with Crippen molar-refractivity contribution in [3.63, 3.8) is 0 Å². The largest absolute Gasteiger partial charge is 0.368 e. The van der Waals surface area contributed by atoms with Crippen LogP contribution in [-0.2, 0) is 6.42 Å². The highest BCUT2D eigenvalue weighted by Gasteiger charge is 1.97. The number of benzene rings is 1. The molecule has 0 amide bonds. The minimum atomic E-state index is 0.400. The van der Waals surface area contributed by atoms with Crippen LogP contribution < -0.4 is 5.32 Å². The van der Waals surface area contributed by atoms with Gasteiger partial charge in [-0.15, -0.1) is 0 Å². The van der Waals surface area contributed by atoms with Crippen LogP contribution in [0, 0.1) is 0 Å². The molecule has 0 unspecified atom stereocenters. The maximum Gasteiger partial charge on any atom is 0.149 e. The lowest BCUT2D eigenvalue weighted by Gasteiger charge is -2.05. The Kier molecular flexibility index (Phi) is 4.34. The second kappa shape index (κ2) is 5.98. The summed E-state index contributed by atoms with van der Waals surface area (Å²) in [5, 5.41) is 3.58. The molecular weight excluding hydrogens is 302 g/mol. The summed E-state index contributed by atoms with van der Waals surface area (Å²) in [5.74, 6) is 0.701. The first-order valence-electron chi connectivity index (χ1n) is 5.20. The minimum Gasteiger partial charge on any atom is -0.368 e. The van der Waals surface area contributed by atoms with Gasteiger partial charge in [0.1, 0.15) is 11.0 Å². The predicted molar refractivity (Wildman–Crippen MR) is 73.4 cm³/mol. The highest BCUT2D eigenvalue weighted by Crippen LogP contribution is 2.12. The first-order valence-corrected chi connectivity index (χ1v) is 6.37. The van der Waals surface area contributed by atoms with E-state index in [1.807, 2.05) is 12.1 Å². The van der Waals surface area contributed by atoms with Crippen LogP contribution in [0.15, 0.2) is 41.1 Å². The molecule has 2 rings (SSSR count). The van der Waals surface area contributed by atoms with E-state index in [1.165, 1.54) is 11.8 Å². The average molecular weight is 313 g/mol. The van der Waals surface area contributed by atoms with E-state index in [0.29, 0.717) is 11.0 Å². The summed E-state index contributed by atoms with van der Waals surface area (Å²) in [6.45, 7) is 0.797. The van der Waals surface area contributed by atoms with Crippen molar-refractivity contribution in [3.05, 3.63) is 51.8 Å². The standard InChI is InChI=1S/C12H11BrClN3/c13-10-3-1-2-9(6-10)4-5-16-12-8-15-7-11(14)17-12/h1-3,6-8H,4-5H2,(H,16,17). The van der Waals surface area contributed by atoms with Gasteiger partial charge in [0.2, 0.25) is 0 Å². The Morgan fingerprint density at radius 3 is 2.94 bits per heavy atom. The van der Waals surface area contributed by atoms with Crippen LogP contribution >= 0.6 is 27.5 Å². The fraction of sp³-hybridized carbons (Fsp3) is 0.167. The molecule has 0 saturated heterocycles. The zero-order valence-electron chi connectivity index (χ0n) is 9.03. The molecule has 0 spiro atoms. The van der Waals surface area contributed by atoms with E-state index in [-0.39, 0.29) is 0 Å². The molecule has 0 aliphatic heterocycles. The number of hydrogen-bond acceptors (Lipinski definition) is 3. The zero-order chi connectivity index (χ0) is 12.1. The van der Waals surface area contributed by atoms with E-state index in [0.717, 1.165) is 17.4 Å². The normalized spacial score (nSPS) is 10.2. The molecule has 0 bridgehead atoms. The fourth-order valence-electron chi connectivity index (χ4n) is 1.45. The van der Waals surface area contributed by atoms with E-state index in [2.05, 4.69) is 43.3 Å². The van der Waals surface area contributed by atoms with Crippen molar-refractivity contribution in [2.75, 3.05) is 11.9 Å². The van der Waals surface area contributed by atoms with Crippen molar-refractivity contribution in [2.45, 2.75) is 6.42 Å². The number of hydrogen-bond donors (Lipinski definition) is 1. The van der Waals surface area contributed by atoms with Crippen LogP contribution in [0.3, 0.4) is 0 Å². The lowest BCUT2D eigenvalue weighted by molar-refractivity contribution is 0.998. The van der Waals surface area contributed by atoms with Gasteiger partial charge < -0.3 is 5.32 Å². The van der Waals surface area contributed by atoms with Crippen LogP contribution in [0.5, 0.6) is 0 Å². The number of anilines is 1. The van der Waals surface area contributed by atoms with Crippen LogP contribution in [0.2, 0.25) is 5.15 Å². The summed E-state index contributed by atoms with van der Waals surface area (Å²) in [4.78, 5) is 8.06. The second-order valence-corrected chi connectivity index (χ2v) is 4.84. The van der Waals surface area contributed by atoms with E-state index >= 15 is 0 Å². The monoisotopic (exact) mass is 311 g/mol. The van der Waals surface area contributed by atoms with Crippen molar-refractivity contribution < 1.29 is 0 Å². The molecule has 88 valence electrons. The molecule has 0 aliphatic carbocycles. The summed E-state index contributed by atoms with van der Waals surface area (Å²) in [7, 11) is 0. The molecule has 2 aromatic rings. The Hall–Kier alpha value is -1.13. The molecule has 5 heteroatoms. The highest BCUT2D eigenvalue weighted by atomic mass is 79.9. The van der Waals surface area contributed by atoms with Crippen molar-refractivity contribution >= 4 is 33.3 Å². The van der Waals surface area contributed by atoms with Gasteiger partial charge in [-0.3, -0.25) is 4.98 Å². The smallest absolute Gasteiger partial charge is 0.149 e. The van der Waals surface area contributed by atoms with Crippen LogP contribution in [0.1, 0.15) is 5.56 Å². The van der Waals surface area contributed by atoms with Gasteiger partial charge in [-0.05, 0) is 24.1 Å². The number of rotatable bonds is 4. The van der Waals surface area contributed by atoms with E-state index in [4.69, 9.17) is 11.6 Å². The zero-order valence-corrected chi connectivity index (χ0v) is 11.4. The van der Waals surface area contributed by atoms with Crippen molar-refractivity contribution in [1.82, 2.24) is 9.97 Å². The number of nitrogens with one attached hydrogen (secondary N) is 1. The van der Waals surface area contributed by atoms with Crippen molar-refractivity contribution in [3.8, 4) is 0 Å².